The molecule has 1 rings (SSSR count). The fourth-order valence-electron chi connectivity index (χ4n) is 0.895. The third kappa shape index (κ3) is 3.71. The highest BCUT2D eigenvalue weighted by Crippen LogP contribution is 2.19. The minimum Gasteiger partial charge on any atom is -0.330 e. The van der Waals surface area contributed by atoms with E-state index in [4.69, 9.17) is 17.3 Å². The van der Waals surface area contributed by atoms with E-state index in [2.05, 4.69) is 0 Å². The monoisotopic (exact) mass is 246 g/mol. The average molecular weight is 247 g/mol. The zero-order valence-corrected chi connectivity index (χ0v) is 9.46. The molecule has 1 aromatic rings. The van der Waals surface area contributed by atoms with Crippen molar-refractivity contribution in [3.05, 3.63) is 29.3 Å². The van der Waals surface area contributed by atoms with Crippen LogP contribution < -0.4 is 10.8 Å². The van der Waals surface area contributed by atoms with Crippen LogP contribution in [0.2, 0.25) is 5.02 Å². The summed E-state index contributed by atoms with van der Waals surface area (Å²) in [6.07, 6.45) is 0. The number of amides is 1. The molecule has 82 valence electrons. The van der Waals surface area contributed by atoms with Crippen molar-refractivity contribution < 1.29 is 10.0 Å². The van der Waals surface area contributed by atoms with Gasteiger partial charge in [0, 0.05) is 17.3 Å². The van der Waals surface area contributed by atoms with Crippen molar-refractivity contribution in [2.45, 2.75) is 0 Å². The number of thioether (sulfide) groups is 1. The van der Waals surface area contributed by atoms with Crippen LogP contribution in [0, 0.1) is 0 Å². The van der Waals surface area contributed by atoms with E-state index in [9.17, 15) is 10.0 Å². The first-order valence-electron chi connectivity index (χ1n) is 4.26. The van der Waals surface area contributed by atoms with Crippen LogP contribution in [-0.2, 0) is 0 Å². The molecule has 0 saturated carbocycles. The summed E-state index contributed by atoms with van der Waals surface area (Å²) < 4.78 is 0. The number of anilines is 1. The highest BCUT2D eigenvalue weighted by atomic mass is 35.5. The molecule has 1 aromatic carbocycles. The number of hydrogen-bond acceptors (Lipinski definition) is 4. The molecule has 4 nitrogen and oxygen atoms in total. The average Bonchev–Trinajstić information content (AvgIpc) is 2.26. The molecule has 15 heavy (non-hydrogen) atoms. The fourth-order valence-corrected chi connectivity index (χ4v) is 1.54. The molecular weight excluding hydrogens is 236 g/mol. The van der Waals surface area contributed by atoms with E-state index >= 15 is 0 Å². The molecule has 3 N–H and O–H groups in total. The lowest BCUT2D eigenvalue weighted by molar-refractivity contribution is 0.225. The van der Waals surface area contributed by atoms with Crippen molar-refractivity contribution in [2.24, 2.45) is 5.73 Å². The molecule has 0 aliphatic carbocycles. The second-order valence-electron chi connectivity index (χ2n) is 2.69. The summed E-state index contributed by atoms with van der Waals surface area (Å²) in [5.74, 6) is 0.476. The van der Waals surface area contributed by atoms with Crippen LogP contribution in [0.1, 0.15) is 0 Å². The molecule has 6 heteroatoms. The van der Waals surface area contributed by atoms with E-state index in [0.29, 0.717) is 28.1 Å². The normalized spacial score (nSPS) is 10.1. The highest BCUT2D eigenvalue weighted by molar-refractivity contribution is 8.13. The molecule has 0 saturated heterocycles. The lowest BCUT2D eigenvalue weighted by atomic mass is 10.3. The molecule has 0 aliphatic rings. The molecule has 0 heterocycles. The molecule has 0 spiro atoms. The smallest absolute Gasteiger partial charge is 0.309 e. The number of rotatable bonds is 3. The quantitative estimate of drug-likeness (QED) is 0.635. The predicted molar refractivity (Wildman–Crippen MR) is 62.6 cm³/mol. The Bertz CT molecular complexity index is 331. The van der Waals surface area contributed by atoms with E-state index in [0.717, 1.165) is 11.8 Å². The lowest BCUT2D eigenvalue weighted by Gasteiger charge is -2.13. The second kappa shape index (κ2) is 5.97. The van der Waals surface area contributed by atoms with Crippen molar-refractivity contribution in [3.63, 3.8) is 0 Å². The Morgan fingerprint density at radius 3 is 2.60 bits per heavy atom. The minimum atomic E-state index is -0.456. The van der Waals surface area contributed by atoms with E-state index < -0.39 is 5.24 Å². The summed E-state index contributed by atoms with van der Waals surface area (Å²) in [7, 11) is 0. The Balaban J connectivity index is 2.63. The number of carbonyl (C=O) groups excluding carboxylic acids is 1. The first kappa shape index (κ1) is 12.3. The van der Waals surface area contributed by atoms with Crippen LogP contribution in [0.15, 0.2) is 24.3 Å². The van der Waals surface area contributed by atoms with Gasteiger partial charge in [0.2, 0.25) is 0 Å². The summed E-state index contributed by atoms with van der Waals surface area (Å²) in [6.45, 7) is 0.394. The highest BCUT2D eigenvalue weighted by Gasteiger charge is 2.12. The Labute approximate surface area is 97.0 Å². The van der Waals surface area contributed by atoms with Gasteiger partial charge < -0.3 is 5.73 Å². The zero-order valence-electron chi connectivity index (χ0n) is 7.89. The molecule has 0 aliphatic heterocycles. The van der Waals surface area contributed by atoms with Crippen LogP contribution in [0.3, 0.4) is 0 Å². The van der Waals surface area contributed by atoms with Gasteiger partial charge in [0.05, 0.1) is 5.69 Å². The molecular formula is C9H11ClN2O2S. The molecule has 0 unspecified atom stereocenters. The predicted octanol–water partition coefficient (Wildman–Crippen LogP) is 2.35. The van der Waals surface area contributed by atoms with E-state index in [1.54, 1.807) is 24.3 Å². The summed E-state index contributed by atoms with van der Waals surface area (Å²) in [5.41, 5.74) is 5.63. The van der Waals surface area contributed by atoms with Gasteiger partial charge in [-0.2, -0.15) is 5.06 Å². The summed E-state index contributed by atoms with van der Waals surface area (Å²) in [5, 5.41) is 10.2. The van der Waals surface area contributed by atoms with Crippen LogP contribution in [0.25, 0.3) is 0 Å². The third-order valence-electron chi connectivity index (χ3n) is 1.59. The van der Waals surface area contributed by atoms with Gasteiger partial charge in [-0.25, -0.2) is 0 Å². The number of nitrogens with zero attached hydrogens (tertiary/aromatic N) is 1. The number of carbonyl (C=O) groups is 1. The summed E-state index contributed by atoms with van der Waals surface area (Å²) >= 11 is 6.64. The number of halogens is 1. The number of benzene rings is 1. The Morgan fingerprint density at radius 2 is 2.07 bits per heavy atom. The Morgan fingerprint density at radius 1 is 1.47 bits per heavy atom. The van der Waals surface area contributed by atoms with Crippen molar-refractivity contribution in [3.8, 4) is 0 Å². The number of nitrogens with two attached hydrogens (primary N) is 1. The molecule has 0 fully saturated rings. The van der Waals surface area contributed by atoms with Crippen LogP contribution in [0.4, 0.5) is 10.5 Å². The van der Waals surface area contributed by atoms with Crippen molar-refractivity contribution >= 4 is 34.3 Å². The standard InChI is InChI=1S/C9H11ClN2O2S/c10-7-1-3-8(4-2-7)12(14)9(13)15-6-5-11/h1-4,14H,5-6,11H2. The molecule has 0 aromatic heterocycles. The second-order valence-corrected chi connectivity index (χ2v) is 4.17. The molecule has 0 bridgehead atoms. The van der Waals surface area contributed by atoms with E-state index in [1.807, 2.05) is 0 Å². The fraction of sp³-hybridized carbons (Fsp3) is 0.222. The summed E-state index contributed by atoms with van der Waals surface area (Å²) in [6, 6.07) is 6.31. The maximum atomic E-state index is 11.3. The third-order valence-corrected chi connectivity index (χ3v) is 2.70. The Hall–Kier alpha value is -0.750. The maximum Gasteiger partial charge on any atom is 0.309 e. The van der Waals surface area contributed by atoms with Gasteiger partial charge in [0.1, 0.15) is 0 Å². The van der Waals surface area contributed by atoms with Crippen LogP contribution in [-0.4, -0.2) is 22.7 Å². The first-order valence-corrected chi connectivity index (χ1v) is 5.63. The van der Waals surface area contributed by atoms with Gasteiger partial charge in [0.25, 0.3) is 0 Å². The van der Waals surface area contributed by atoms with Gasteiger partial charge in [-0.05, 0) is 24.3 Å². The minimum absolute atomic E-state index is 0.383. The SMILES string of the molecule is NCCSC(=O)N(O)c1ccc(Cl)cc1. The van der Waals surface area contributed by atoms with Gasteiger partial charge in [-0.1, -0.05) is 23.4 Å². The van der Waals surface area contributed by atoms with Crippen LogP contribution >= 0.6 is 23.4 Å². The van der Waals surface area contributed by atoms with E-state index in [1.165, 1.54) is 0 Å². The molecule has 0 radical (unpaired) electrons. The van der Waals surface area contributed by atoms with Crippen LogP contribution in [0.5, 0.6) is 0 Å². The summed E-state index contributed by atoms with van der Waals surface area (Å²) in [4.78, 5) is 11.3. The van der Waals surface area contributed by atoms with Gasteiger partial charge in [-0.15, -0.1) is 0 Å². The molecule has 1 amide bonds. The van der Waals surface area contributed by atoms with Crippen molar-refractivity contribution in [1.29, 1.82) is 0 Å². The van der Waals surface area contributed by atoms with Gasteiger partial charge in [-0.3, -0.25) is 10.0 Å². The van der Waals surface area contributed by atoms with Gasteiger partial charge >= 0.3 is 5.24 Å². The van der Waals surface area contributed by atoms with Crippen molar-refractivity contribution in [1.82, 2.24) is 0 Å². The number of hydrogen-bond donors (Lipinski definition) is 2. The first-order chi connectivity index (χ1) is 7.15. The Kier molecular flexibility index (Phi) is 4.90. The lowest BCUT2D eigenvalue weighted by Crippen LogP contribution is -2.23. The topological polar surface area (TPSA) is 66.6 Å². The molecule has 0 atom stereocenters. The van der Waals surface area contributed by atoms with Crippen molar-refractivity contribution in [2.75, 3.05) is 17.4 Å². The van der Waals surface area contributed by atoms with E-state index in [-0.39, 0.29) is 0 Å². The maximum absolute atomic E-state index is 11.3. The zero-order chi connectivity index (χ0) is 11.3. The van der Waals surface area contributed by atoms with Gasteiger partial charge in [0.15, 0.2) is 0 Å². The number of hydroxylamine groups is 1. The largest absolute Gasteiger partial charge is 0.330 e.